The summed E-state index contributed by atoms with van der Waals surface area (Å²) in [6.07, 6.45) is 0. The number of likely N-dealkylation sites (N-methyl/N-ethyl adjacent to an activating group) is 1. The van der Waals surface area contributed by atoms with Crippen LogP contribution in [0.5, 0.6) is 5.75 Å². The maximum atomic E-state index is 11.8. The van der Waals surface area contributed by atoms with Gasteiger partial charge < -0.3 is 15.8 Å². The number of nitrogens with one attached hydrogen (secondary N) is 1. The van der Waals surface area contributed by atoms with E-state index in [1.807, 2.05) is 30.1 Å². The van der Waals surface area contributed by atoms with Crippen molar-refractivity contribution in [3.05, 3.63) is 29.3 Å². The third-order valence-corrected chi connectivity index (χ3v) is 3.14. The number of rotatable bonds is 8. The average molecular weight is 293 g/mol. The molecule has 0 aliphatic rings. The lowest BCUT2D eigenvalue weighted by molar-refractivity contribution is -0.122. The van der Waals surface area contributed by atoms with Crippen LogP contribution < -0.4 is 15.8 Å². The highest BCUT2D eigenvalue weighted by atomic mass is 16.5. The first-order valence-electron chi connectivity index (χ1n) is 7.27. The summed E-state index contributed by atoms with van der Waals surface area (Å²) in [5.41, 5.74) is 7.74. The van der Waals surface area contributed by atoms with Crippen molar-refractivity contribution in [1.82, 2.24) is 10.2 Å². The van der Waals surface area contributed by atoms with E-state index in [0.29, 0.717) is 32.1 Å². The molecule has 0 spiro atoms. The standard InChI is InChI=1S/C16H27N3O2/c1-12(2)9-18-16(20)11-19(3)10-13-5-6-14(8-17)15(7-13)21-4/h5-7,12H,8-11,17H2,1-4H3,(H,18,20). The highest BCUT2D eigenvalue weighted by Crippen LogP contribution is 2.20. The van der Waals surface area contributed by atoms with Crippen LogP contribution in [0.4, 0.5) is 0 Å². The van der Waals surface area contributed by atoms with E-state index in [-0.39, 0.29) is 5.91 Å². The van der Waals surface area contributed by atoms with E-state index in [0.717, 1.165) is 16.9 Å². The molecule has 0 aliphatic heterocycles. The van der Waals surface area contributed by atoms with Crippen LogP contribution in [0.2, 0.25) is 0 Å². The Bertz CT molecular complexity index is 461. The highest BCUT2D eigenvalue weighted by Gasteiger charge is 2.09. The van der Waals surface area contributed by atoms with Crippen molar-refractivity contribution in [1.29, 1.82) is 0 Å². The summed E-state index contributed by atoms with van der Waals surface area (Å²) >= 11 is 0. The van der Waals surface area contributed by atoms with Gasteiger partial charge in [-0.05, 0) is 24.6 Å². The molecule has 1 aromatic carbocycles. The van der Waals surface area contributed by atoms with Crippen molar-refractivity contribution in [3.8, 4) is 5.75 Å². The topological polar surface area (TPSA) is 67.6 Å². The smallest absolute Gasteiger partial charge is 0.234 e. The molecule has 0 heterocycles. The summed E-state index contributed by atoms with van der Waals surface area (Å²) in [6.45, 7) is 6.40. The number of amides is 1. The molecule has 5 heteroatoms. The fourth-order valence-electron chi connectivity index (χ4n) is 2.04. The first-order chi connectivity index (χ1) is 9.96. The van der Waals surface area contributed by atoms with E-state index in [4.69, 9.17) is 10.5 Å². The molecule has 0 unspecified atom stereocenters. The van der Waals surface area contributed by atoms with Gasteiger partial charge in [0.05, 0.1) is 13.7 Å². The average Bonchev–Trinajstić information content (AvgIpc) is 2.44. The van der Waals surface area contributed by atoms with Gasteiger partial charge in [-0.25, -0.2) is 0 Å². The molecule has 1 rings (SSSR count). The molecule has 3 N–H and O–H groups in total. The van der Waals surface area contributed by atoms with Gasteiger partial charge in [0.25, 0.3) is 0 Å². The molecule has 0 fully saturated rings. The summed E-state index contributed by atoms with van der Waals surface area (Å²) < 4.78 is 5.33. The molecule has 0 aliphatic carbocycles. The van der Waals surface area contributed by atoms with Crippen molar-refractivity contribution in [2.45, 2.75) is 26.9 Å². The van der Waals surface area contributed by atoms with E-state index in [9.17, 15) is 4.79 Å². The lowest BCUT2D eigenvalue weighted by atomic mass is 10.1. The Labute approximate surface area is 127 Å². The third-order valence-electron chi connectivity index (χ3n) is 3.14. The molecule has 1 amide bonds. The molecule has 0 saturated carbocycles. The van der Waals surface area contributed by atoms with E-state index in [1.54, 1.807) is 7.11 Å². The minimum Gasteiger partial charge on any atom is -0.496 e. The van der Waals surface area contributed by atoms with Crippen LogP contribution in [-0.4, -0.2) is 38.1 Å². The van der Waals surface area contributed by atoms with Crippen molar-refractivity contribution in [2.75, 3.05) is 27.2 Å². The van der Waals surface area contributed by atoms with Gasteiger partial charge in [0.15, 0.2) is 0 Å². The van der Waals surface area contributed by atoms with Crippen molar-refractivity contribution in [2.24, 2.45) is 11.7 Å². The molecule has 0 aromatic heterocycles. The first-order valence-corrected chi connectivity index (χ1v) is 7.27. The molecule has 0 bridgehead atoms. The predicted octanol–water partition coefficient (Wildman–Crippen LogP) is 1.36. The summed E-state index contributed by atoms with van der Waals surface area (Å²) in [5, 5.41) is 2.92. The van der Waals surface area contributed by atoms with Crippen LogP contribution in [0, 0.1) is 5.92 Å². The van der Waals surface area contributed by atoms with E-state index >= 15 is 0 Å². The summed E-state index contributed by atoms with van der Waals surface area (Å²) in [4.78, 5) is 13.8. The number of nitrogens with two attached hydrogens (primary N) is 1. The molecule has 0 saturated heterocycles. The van der Waals surface area contributed by atoms with Crippen LogP contribution in [-0.2, 0) is 17.9 Å². The summed E-state index contributed by atoms with van der Waals surface area (Å²) in [5.74, 6) is 1.32. The molecular weight excluding hydrogens is 266 g/mol. The second-order valence-electron chi connectivity index (χ2n) is 5.72. The normalized spacial score (nSPS) is 11.0. The fourth-order valence-corrected chi connectivity index (χ4v) is 2.04. The van der Waals surface area contributed by atoms with Crippen molar-refractivity contribution >= 4 is 5.91 Å². The Morgan fingerprint density at radius 1 is 1.43 bits per heavy atom. The predicted molar refractivity (Wildman–Crippen MR) is 85.1 cm³/mol. The molecular formula is C16H27N3O2. The number of hydrogen-bond donors (Lipinski definition) is 2. The molecule has 0 radical (unpaired) electrons. The summed E-state index contributed by atoms with van der Waals surface area (Å²) in [6, 6.07) is 5.97. The molecule has 21 heavy (non-hydrogen) atoms. The Hall–Kier alpha value is -1.59. The fraction of sp³-hybridized carbons (Fsp3) is 0.562. The number of nitrogens with zero attached hydrogens (tertiary/aromatic N) is 1. The van der Waals surface area contributed by atoms with Crippen LogP contribution in [0.15, 0.2) is 18.2 Å². The maximum Gasteiger partial charge on any atom is 0.234 e. The number of ether oxygens (including phenoxy) is 1. The van der Waals surface area contributed by atoms with Gasteiger partial charge in [-0.1, -0.05) is 26.0 Å². The van der Waals surface area contributed by atoms with Crippen LogP contribution >= 0.6 is 0 Å². The van der Waals surface area contributed by atoms with Crippen LogP contribution in [0.1, 0.15) is 25.0 Å². The zero-order valence-electron chi connectivity index (χ0n) is 13.5. The zero-order valence-corrected chi connectivity index (χ0v) is 13.5. The quantitative estimate of drug-likeness (QED) is 0.759. The molecule has 118 valence electrons. The van der Waals surface area contributed by atoms with Gasteiger partial charge in [-0.15, -0.1) is 0 Å². The maximum absolute atomic E-state index is 11.8. The zero-order chi connectivity index (χ0) is 15.8. The lowest BCUT2D eigenvalue weighted by Crippen LogP contribution is -2.36. The number of methoxy groups -OCH3 is 1. The Morgan fingerprint density at radius 3 is 2.71 bits per heavy atom. The van der Waals surface area contributed by atoms with Crippen LogP contribution in [0.3, 0.4) is 0 Å². The number of hydrogen-bond acceptors (Lipinski definition) is 4. The monoisotopic (exact) mass is 293 g/mol. The molecule has 5 nitrogen and oxygen atoms in total. The van der Waals surface area contributed by atoms with Crippen molar-refractivity contribution in [3.63, 3.8) is 0 Å². The molecule has 0 atom stereocenters. The Morgan fingerprint density at radius 2 is 2.14 bits per heavy atom. The highest BCUT2D eigenvalue weighted by molar-refractivity contribution is 5.77. The number of carbonyl (C=O) groups excluding carboxylic acids is 1. The van der Waals surface area contributed by atoms with Gasteiger partial charge in [0.2, 0.25) is 5.91 Å². The molecule has 1 aromatic rings. The van der Waals surface area contributed by atoms with Crippen molar-refractivity contribution < 1.29 is 9.53 Å². The van der Waals surface area contributed by atoms with Gasteiger partial charge in [0.1, 0.15) is 5.75 Å². The van der Waals surface area contributed by atoms with Gasteiger partial charge in [-0.3, -0.25) is 9.69 Å². The van der Waals surface area contributed by atoms with E-state index < -0.39 is 0 Å². The SMILES string of the molecule is COc1cc(CN(C)CC(=O)NCC(C)C)ccc1CN. The Kier molecular flexibility index (Phi) is 7.19. The third kappa shape index (κ3) is 6.14. The van der Waals surface area contributed by atoms with E-state index in [1.165, 1.54) is 0 Å². The lowest BCUT2D eigenvalue weighted by Gasteiger charge is -2.18. The first kappa shape index (κ1) is 17.5. The van der Waals surface area contributed by atoms with E-state index in [2.05, 4.69) is 19.2 Å². The Balaban J connectivity index is 2.54. The van der Waals surface area contributed by atoms with Gasteiger partial charge in [-0.2, -0.15) is 0 Å². The van der Waals surface area contributed by atoms with Gasteiger partial charge in [0, 0.05) is 25.2 Å². The minimum absolute atomic E-state index is 0.0525. The summed E-state index contributed by atoms with van der Waals surface area (Å²) in [7, 11) is 3.57. The van der Waals surface area contributed by atoms with Gasteiger partial charge >= 0.3 is 0 Å². The second kappa shape index (κ2) is 8.64. The number of carbonyl (C=O) groups is 1. The second-order valence-corrected chi connectivity index (χ2v) is 5.72. The van der Waals surface area contributed by atoms with Crippen LogP contribution in [0.25, 0.3) is 0 Å². The number of benzene rings is 1. The largest absolute Gasteiger partial charge is 0.496 e. The minimum atomic E-state index is 0.0525.